The van der Waals surface area contributed by atoms with E-state index in [-0.39, 0.29) is 0 Å². The quantitative estimate of drug-likeness (QED) is 0.845. The van der Waals surface area contributed by atoms with Gasteiger partial charge < -0.3 is 9.64 Å². The van der Waals surface area contributed by atoms with Crippen molar-refractivity contribution in [2.24, 2.45) is 0 Å². The fraction of sp³-hybridized carbons (Fsp3) is 0.471. The SMILES string of the molecule is CCOc1ccc2nc(C)cc(N3CCCCC3)c2c1. The molecule has 2 heterocycles. The highest BCUT2D eigenvalue weighted by atomic mass is 16.5. The van der Waals surface area contributed by atoms with E-state index < -0.39 is 0 Å². The monoisotopic (exact) mass is 270 g/mol. The lowest BCUT2D eigenvalue weighted by atomic mass is 10.1. The van der Waals surface area contributed by atoms with Gasteiger partial charge in [-0.2, -0.15) is 0 Å². The lowest BCUT2D eigenvalue weighted by molar-refractivity contribution is 0.340. The second-order valence-electron chi connectivity index (χ2n) is 5.44. The van der Waals surface area contributed by atoms with Gasteiger partial charge >= 0.3 is 0 Å². The molecule has 1 aromatic heterocycles. The van der Waals surface area contributed by atoms with Crippen LogP contribution >= 0.6 is 0 Å². The molecule has 0 N–H and O–H groups in total. The zero-order valence-corrected chi connectivity index (χ0v) is 12.4. The van der Waals surface area contributed by atoms with E-state index in [0.717, 1.165) is 30.0 Å². The van der Waals surface area contributed by atoms with Crippen molar-refractivity contribution in [3.63, 3.8) is 0 Å². The summed E-state index contributed by atoms with van der Waals surface area (Å²) < 4.78 is 5.64. The first-order valence-electron chi connectivity index (χ1n) is 7.57. The largest absolute Gasteiger partial charge is 0.494 e. The van der Waals surface area contributed by atoms with E-state index in [2.05, 4.69) is 35.0 Å². The number of benzene rings is 1. The van der Waals surface area contributed by atoms with Crippen molar-refractivity contribution in [3.05, 3.63) is 30.0 Å². The number of rotatable bonds is 3. The Morgan fingerprint density at radius 2 is 1.95 bits per heavy atom. The maximum absolute atomic E-state index is 5.64. The van der Waals surface area contributed by atoms with Gasteiger partial charge in [-0.15, -0.1) is 0 Å². The van der Waals surface area contributed by atoms with Crippen molar-refractivity contribution in [2.45, 2.75) is 33.1 Å². The van der Waals surface area contributed by atoms with E-state index in [9.17, 15) is 0 Å². The molecule has 0 saturated carbocycles. The molecule has 0 spiro atoms. The van der Waals surface area contributed by atoms with Gasteiger partial charge in [0.05, 0.1) is 12.1 Å². The van der Waals surface area contributed by atoms with E-state index in [1.807, 2.05) is 13.0 Å². The second-order valence-corrected chi connectivity index (χ2v) is 5.44. The molecule has 3 nitrogen and oxygen atoms in total. The standard InChI is InChI=1S/C17H22N2O/c1-3-20-14-7-8-16-15(12-14)17(11-13(2)18-16)19-9-5-4-6-10-19/h7-8,11-12H,3-6,9-10H2,1-2H3. The summed E-state index contributed by atoms with van der Waals surface area (Å²) in [5.74, 6) is 0.934. The van der Waals surface area contributed by atoms with Crippen LogP contribution in [0.1, 0.15) is 31.9 Å². The minimum atomic E-state index is 0.698. The van der Waals surface area contributed by atoms with Gasteiger partial charge in [-0.1, -0.05) is 0 Å². The summed E-state index contributed by atoms with van der Waals surface area (Å²) in [4.78, 5) is 7.15. The topological polar surface area (TPSA) is 25.4 Å². The van der Waals surface area contributed by atoms with Crippen molar-refractivity contribution >= 4 is 16.6 Å². The average molecular weight is 270 g/mol. The van der Waals surface area contributed by atoms with Gasteiger partial charge in [-0.05, 0) is 57.4 Å². The first-order valence-corrected chi connectivity index (χ1v) is 7.57. The number of nitrogens with zero attached hydrogens (tertiary/aromatic N) is 2. The van der Waals surface area contributed by atoms with Gasteiger partial charge in [0, 0.05) is 29.9 Å². The Kier molecular flexibility index (Phi) is 3.77. The van der Waals surface area contributed by atoms with Crippen LogP contribution in [-0.2, 0) is 0 Å². The summed E-state index contributed by atoms with van der Waals surface area (Å²) in [6.45, 7) is 7.09. The Morgan fingerprint density at radius 3 is 2.70 bits per heavy atom. The number of hydrogen-bond acceptors (Lipinski definition) is 3. The molecule has 1 aliphatic rings. The van der Waals surface area contributed by atoms with E-state index in [0.29, 0.717) is 6.61 Å². The minimum Gasteiger partial charge on any atom is -0.494 e. The maximum atomic E-state index is 5.64. The molecule has 1 aromatic carbocycles. The van der Waals surface area contributed by atoms with E-state index >= 15 is 0 Å². The van der Waals surface area contributed by atoms with Crippen LogP contribution in [0.15, 0.2) is 24.3 Å². The number of aryl methyl sites for hydroxylation is 1. The first-order chi connectivity index (χ1) is 9.78. The number of ether oxygens (including phenoxy) is 1. The highest BCUT2D eigenvalue weighted by Crippen LogP contribution is 2.31. The van der Waals surface area contributed by atoms with Crippen molar-refractivity contribution in [3.8, 4) is 5.75 Å². The fourth-order valence-electron chi connectivity index (χ4n) is 2.97. The number of hydrogen-bond donors (Lipinski definition) is 0. The normalized spacial score (nSPS) is 15.6. The zero-order chi connectivity index (χ0) is 13.9. The van der Waals surface area contributed by atoms with Crippen LogP contribution in [-0.4, -0.2) is 24.7 Å². The summed E-state index contributed by atoms with van der Waals surface area (Å²) in [6, 6.07) is 8.43. The van der Waals surface area contributed by atoms with Crippen molar-refractivity contribution in [1.82, 2.24) is 4.98 Å². The lowest BCUT2D eigenvalue weighted by Crippen LogP contribution is -2.29. The van der Waals surface area contributed by atoms with Crippen LogP contribution in [0.4, 0.5) is 5.69 Å². The molecule has 0 radical (unpaired) electrons. The Bertz CT molecular complexity index is 603. The molecule has 106 valence electrons. The predicted molar refractivity (Wildman–Crippen MR) is 83.7 cm³/mol. The molecule has 2 aromatic rings. The van der Waals surface area contributed by atoms with Crippen LogP contribution in [0.3, 0.4) is 0 Å². The minimum absolute atomic E-state index is 0.698. The number of fused-ring (bicyclic) bond motifs is 1. The number of piperidine rings is 1. The number of pyridine rings is 1. The van der Waals surface area contributed by atoms with Crippen LogP contribution in [0, 0.1) is 6.92 Å². The van der Waals surface area contributed by atoms with Gasteiger partial charge in [-0.25, -0.2) is 0 Å². The summed E-state index contributed by atoms with van der Waals surface area (Å²) in [6.07, 6.45) is 3.92. The van der Waals surface area contributed by atoms with Crippen molar-refractivity contribution in [1.29, 1.82) is 0 Å². The third-order valence-corrected chi connectivity index (χ3v) is 3.89. The molecule has 0 atom stereocenters. The number of anilines is 1. The summed E-state index contributed by atoms with van der Waals surface area (Å²) in [5, 5.41) is 1.21. The van der Waals surface area contributed by atoms with Crippen molar-refractivity contribution < 1.29 is 4.74 Å². The molecule has 3 rings (SSSR count). The van der Waals surface area contributed by atoms with Gasteiger partial charge in [0.25, 0.3) is 0 Å². The van der Waals surface area contributed by atoms with Crippen LogP contribution < -0.4 is 9.64 Å². The highest BCUT2D eigenvalue weighted by Gasteiger charge is 2.15. The molecular weight excluding hydrogens is 248 g/mol. The Balaban J connectivity index is 2.09. The molecule has 0 bridgehead atoms. The molecule has 20 heavy (non-hydrogen) atoms. The second kappa shape index (κ2) is 5.70. The smallest absolute Gasteiger partial charge is 0.120 e. The molecule has 0 aliphatic carbocycles. The lowest BCUT2D eigenvalue weighted by Gasteiger charge is -2.30. The molecule has 1 fully saturated rings. The zero-order valence-electron chi connectivity index (χ0n) is 12.4. The molecule has 0 unspecified atom stereocenters. The highest BCUT2D eigenvalue weighted by molar-refractivity contribution is 5.93. The third-order valence-electron chi connectivity index (χ3n) is 3.89. The van der Waals surface area contributed by atoms with E-state index in [1.54, 1.807) is 0 Å². The summed E-state index contributed by atoms with van der Waals surface area (Å²) in [7, 11) is 0. The van der Waals surface area contributed by atoms with Crippen LogP contribution in [0.5, 0.6) is 5.75 Å². The first kappa shape index (κ1) is 13.2. The van der Waals surface area contributed by atoms with Crippen LogP contribution in [0.2, 0.25) is 0 Å². The van der Waals surface area contributed by atoms with Crippen LogP contribution in [0.25, 0.3) is 10.9 Å². The van der Waals surface area contributed by atoms with Gasteiger partial charge in [0.1, 0.15) is 5.75 Å². The Hall–Kier alpha value is -1.77. The number of aromatic nitrogens is 1. The molecule has 1 aliphatic heterocycles. The summed E-state index contributed by atoms with van der Waals surface area (Å²) >= 11 is 0. The molecule has 0 amide bonds. The van der Waals surface area contributed by atoms with Gasteiger partial charge in [0.2, 0.25) is 0 Å². The third kappa shape index (κ3) is 2.58. The fourth-order valence-corrected chi connectivity index (χ4v) is 2.97. The summed E-state index contributed by atoms with van der Waals surface area (Å²) in [5.41, 5.74) is 3.46. The van der Waals surface area contributed by atoms with Gasteiger partial charge in [0.15, 0.2) is 0 Å². The van der Waals surface area contributed by atoms with Crippen molar-refractivity contribution in [2.75, 3.05) is 24.6 Å². The average Bonchev–Trinajstić information content (AvgIpc) is 2.48. The van der Waals surface area contributed by atoms with E-state index in [4.69, 9.17) is 4.74 Å². The van der Waals surface area contributed by atoms with Gasteiger partial charge in [-0.3, -0.25) is 4.98 Å². The van der Waals surface area contributed by atoms with E-state index in [1.165, 1.54) is 30.3 Å². The molecule has 3 heteroatoms. The maximum Gasteiger partial charge on any atom is 0.120 e. The Labute approximate surface area is 120 Å². The molecule has 1 saturated heterocycles. The predicted octanol–water partition coefficient (Wildman–Crippen LogP) is 3.93. The Morgan fingerprint density at radius 1 is 1.15 bits per heavy atom. The molecular formula is C17H22N2O.